The molecule has 0 aliphatic carbocycles. The van der Waals surface area contributed by atoms with Crippen molar-refractivity contribution in [1.82, 2.24) is 4.90 Å². The first-order valence-electron chi connectivity index (χ1n) is 8.84. The largest absolute Gasteiger partial charge is 0.489 e. The quantitative estimate of drug-likeness (QED) is 0.737. The van der Waals surface area contributed by atoms with Gasteiger partial charge in [-0.3, -0.25) is 4.79 Å². The molecule has 1 amide bonds. The van der Waals surface area contributed by atoms with E-state index in [4.69, 9.17) is 4.74 Å². The molecule has 0 aromatic heterocycles. The number of carbonyl (C=O) groups excluding carboxylic acids is 1. The van der Waals surface area contributed by atoms with E-state index in [1.807, 2.05) is 80.3 Å². The van der Waals surface area contributed by atoms with Gasteiger partial charge in [-0.15, -0.1) is 0 Å². The topological polar surface area (TPSA) is 29.5 Å². The van der Waals surface area contributed by atoms with Gasteiger partial charge in [-0.2, -0.15) is 0 Å². The average molecular weight is 339 g/mol. The van der Waals surface area contributed by atoms with E-state index in [1.165, 1.54) is 0 Å². The molecule has 0 bridgehead atoms. The molecule has 3 heteroatoms. The predicted octanol–water partition coefficient (Wildman–Crippen LogP) is 5.05. The Hall–Kier alpha value is -2.29. The number of rotatable bonds is 6. The zero-order chi connectivity index (χ0) is 18.4. The van der Waals surface area contributed by atoms with Crippen LogP contribution in [0.1, 0.15) is 45.7 Å². The van der Waals surface area contributed by atoms with Crippen LogP contribution in [-0.2, 0) is 17.9 Å². The summed E-state index contributed by atoms with van der Waals surface area (Å²) >= 11 is 0. The second-order valence-electron chi connectivity index (χ2n) is 7.70. The lowest BCUT2D eigenvalue weighted by Crippen LogP contribution is -2.43. The summed E-state index contributed by atoms with van der Waals surface area (Å²) < 4.78 is 5.82. The SMILES string of the molecule is CC(C)N(Cc1ccc(OCc2ccccc2)cc1)C(=O)C(C)(C)C. The molecule has 0 radical (unpaired) electrons. The minimum Gasteiger partial charge on any atom is -0.489 e. The van der Waals surface area contributed by atoms with E-state index in [-0.39, 0.29) is 17.4 Å². The highest BCUT2D eigenvalue weighted by atomic mass is 16.5. The first-order valence-corrected chi connectivity index (χ1v) is 8.84. The van der Waals surface area contributed by atoms with Gasteiger partial charge in [0, 0.05) is 18.0 Å². The van der Waals surface area contributed by atoms with Gasteiger partial charge >= 0.3 is 0 Å². The molecule has 0 spiro atoms. The molecule has 25 heavy (non-hydrogen) atoms. The molecule has 3 nitrogen and oxygen atoms in total. The van der Waals surface area contributed by atoms with E-state index in [1.54, 1.807) is 0 Å². The maximum absolute atomic E-state index is 12.6. The summed E-state index contributed by atoms with van der Waals surface area (Å²) in [5, 5.41) is 0. The molecule has 0 aliphatic heterocycles. The third-order valence-electron chi connectivity index (χ3n) is 4.05. The van der Waals surface area contributed by atoms with Crippen molar-refractivity contribution in [3.8, 4) is 5.75 Å². The molecule has 0 saturated heterocycles. The Bertz CT molecular complexity index is 669. The van der Waals surface area contributed by atoms with Crippen LogP contribution in [0.25, 0.3) is 0 Å². The van der Waals surface area contributed by atoms with Gasteiger partial charge in [-0.25, -0.2) is 0 Å². The Balaban J connectivity index is 1.99. The molecule has 134 valence electrons. The fourth-order valence-corrected chi connectivity index (χ4v) is 2.55. The smallest absolute Gasteiger partial charge is 0.228 e. The monoisotopic (exact) mass is 339 g/mol. The first kappa shape index (κ1) is 19.0. The normalized spacial score (nSPS) is 11.4. The van der Waals surface area contributed by atoms with Crippen molar-refractivity contribution in [2.45, 2.75) is 53.8 Å². The summed E-state index contributed by atoms with van der Waals surface area (Å²) in [5.41, 5.74) is 1.88. The van der Waals surface area contributed by atoms with Crippen LogP contribution >= 0.6 is 0 Å². The van der Waals surface area contributed by atoms with E-state index in [0.29, 0.717) is 13.2 Å². The van der Waals surface area contributed by atoms with Crippen LogP contribution in [-0.4, -0.2) is 16.8 Å². The highest BCUT2D eigenvalue weighted by molar-refractivity contribution is 5.81. The van der Waals surface area contributed by atoms with Gasteiger partial charge in [0.05, 0.1) is 0 Å². The van der Waals surface area contributed by atoms with Crippen LogP contribution in [0.5, 0.6) is 5.75 Å². The Morgan fingerprint density at radius 1 is 0.960 bits per heavy atom. The number of hydrogen-bond acceptors (Lipinski definition) is 2. The molecule has 0 unspecified atom stereocenters. The lowest BCUT2D eigenvalue weighted by molar-refractivity contribution is -0.142. The average Bonchev–Trinajstić information content (AvgIpc) is 2.58. The maximum atomic E-state index is 12.6. The van der Waals surface area contributed by atoms with Gasteiger partial charge in [-0.1, -0.05) is 63.2 Å². The third kappa shape index (κ3) is 5.63. The molecule has 2 aromatic carbocycles. The van der Waals surface area contributed by atoms with Crippen LogP contribution in [0.3, 0.4) is 0 Å². The fourth-order valence-electron chi connectivity index (χ4n) is 2.55. The lowest BCUT2D eigenvalue weighted by atomic mass is 9.93. The third-order valence-corrected chi connectivity index (χ3v) is 4.05. The number of ether oxygens (including phenoxy) is 1. The van der Waals surface area contributed by atoms with Gasteiger partial charge in [-0.05, 0) is 37.1 Å². The number of carbonyl (C=O) groups is 1. The van der Waals surface area contributed by atoms with Crippen molar-refractivity contribution in [3.63, 3.8) is 0 Å². The van der Waals surface area contributed by atoms with E-state index >= 15 is 0 Å². The summed E-state index contributed by atoms with van der Waals surface area (Å²) in [6.45, 7) is 11.2. The second-order valence-corrected chi connectivity index (χ2v) is 7.70. The number of benzene rings is 2. The van der Waals surface area contributed by atoms with Gasteiger partial charge in [0.25, 0.3) is 0 Å². The Morgan fingerprint density at radius 2 is 1.56 bits per heavy atom. The van der Waals surface area contributed by atoms with Crippen LogP contribution in [0, 0.1) is 5.41 Å². The highest BCUT2D eigenvalue weighted by Crippen LogP contribution is 2.22. The molecule has 0 heterocycles. The van der Waals surface area contributed by atoms with Crippen LogP contribution in [0.4, 0.5) is 0 Å². The number of amides is 1. The van der Waals surface area contributed by atoms with Crippen molar-refractivity contribution in [1.29, 1.82) is 0 Å². The molecule has 2 rings (SSSR count). The summed E-state index contributed by atoms with van der Waals surface area (Å²) in [6, 6.07) is 18.3. The highest BCUT2D eigenvalue weighted by Gasteiger charge is 2.28. The first-order chi connectivity index (χ1) is 11.8. The summed E-state index contributed by atoms with van der Waals surface area (Å²) in [6.07, 6.45) is 0. The Labute approximate surface area is 151 Å². The van der Waals surface area contributed by atoms with Gasteiger partial charge in [0.15, 0.2) is 0 Å². The Kier molecular flexibility index (Phi) is 6.24. The fraction of sp³-hybridized carbons (Fsp3) is 0.409. The van der Waals surface area contributed by atoms with E-state index < -0.39 is 0 Å². The van der Waals surface area contributed by atoms with E-state index in [9.17, 15) is 4.79 Å². The van der Waals surface area contributed by atoms with Crippen LogP contribution < -0.4 is 4.74 Å². The van der Waals surface area contributed by atoms with Gasteiger partial charge < -0.3 is 9.64 Å². The number of nitrogens with zero attached hydrogens (tertiary/aromatic N) is 1. The number of hydrogen-bond donors (Lipinski definition) is 0. The maximum Gasteiger partial charge on any atom is 0.228 e. The molecule has 0 atom stereocenters. The van der Waals surface area contributed by atoms with Crippen LogP contribution in [0.2, 0.25) is 0 Å². The van der Waals surface area contributed by atoms with E-state index in [0.717, 1.165) is 16.9 Å². The Morgan fingerprint density at radius 3 is 2.08 bits per heavy atom. The zero-order valence-corrected chi connectivity index (χ0v) is 16.0. The molecule has 0 N–H and O–H groups in total. The summed E-state index contributed by atoms with van der Waals surface area (Å²) in [4.78, 5) is 14.6. The standard InChI is InChI=1S/C22H29NO2/c1-17(2)23(21(24)22(3,4)5)15-18-11-13-20(14-12-18)25-16-19-9-7-6-8-10-19/h6-14,17H,15-16H2,1-5H3. The summed E-state index contributed by atoms with van der Waals surface area (Å²) in [5.74, 6) is 1.01. The van der Waals surface area contributed by atoms with Crippen molar-refractivity contribution < 1.29 is 9.53 Å². The minimum atomic E-state index is -0.372. The molecule has 0 aliphatic rings. The summed E-state index contributed by atoms with van der Waals surface area (Å²) in [7, 11) is 0. The van der Waals surface area contributed by atoms with Crippen molar-refractivity contribution in [2.75, 3.05) is 0 Å². The molecule has 0 fully saturated rings. The molecule has 2 aromatic rings. The molecular weight excluding hydrogens is 310 g/mol. The molecular formula is C22H29NO2. The zero-order valence-electron chi connectivity index (χ0n) is 16.0. The minimum absolute atomic E-state index is 0.167. The van der Waals surface area contributed by atoms with E-state index in [2.05, 4.69) is 13.8 Å². The van der Waals surface area contributed by atoms with Crippen molar-refractivity contribution >= 4 is 5.91 Å². The van der Waals surface area contributed by atoms with Crippen molar-refractivity contribution in [3.05, 3.63) is 65.7 Å². The lowest BCUT2D eigenvalue weighted by Gasteiger charge is -2.32. The predicted molar refractivity (Wildman–Crippen MR) is 102 cm³/mol. The van der Waals surface area contributed by atoms with Gasteiger partial charge in [0.2, 0.25) is 5.91 Å². The molecule has 0 saturated carbocycles. The second kappa shape index (κ2) is 8.19. The van der Waals surface area contributed by atoms with Crippen LogP contribution in [0.15, 0.2) is 54.6 Å². The van der Waals surface area contributed by atoms with Gasteiger partial charge in [0.1, 0.15) is 12.4 Å². The van der Waals surface area contributed by atoms with Crippen molar-refractivity contribution in [2.24, 2.45) is 5.41 Å².